The number of nitrogens with zero attached hydrogens (tertiary/aromatic N) is 1. The molecule has 0 unspecified atom stereocenters. The largest absolute Gasteiger partial charge is 0.497 e. The minimum atomic E-state index is 0.452. The highest BCUT2D eigenvalue weighted by molar-refractivity contribution is 9.18. The third-order valence-corrected chi connectivity index (χ3v) is 4.19. The first-order valence-corrected chi connectivity index (χ1v) is 8.85. The third kappa shape index (κ3) is 6.27. The van der Waals surface area contributed by atoms with Gasteiger partial charge in [0.2, 0.25) is 0 Å². The topological polar surface area (TPSA) is 56.8 Å². The van der Waals surface area contributed by atoms with Gasteiger partial charge >= 0.3 is 0 Å². The predicted molar refractivity (Wildman–Crippen MR) is 106 cm³/mol. The Kier molecular flexibility index (Phi) is 7.54. The zero-order chi connectivity index (χ0) is 18.1. The molecule has 0 bridgehead atoms. The van der Waals surface area contributed by atoms with E-state index >= 15 is 0 Å². The van der Waals surface area contributed by atoms with Crippen LogP contribution in [-0.4, -0.2) is 18.3 Å². The molecule has 2 N–H and O–H groups in total. The van der Waals surface area contributed by atoms with E-state index in [4.69, 9.17) is 15.2 Å². The molecule has 2 rings (SSSR count). The van der Waals surface area contributed by atoms with E-state index in [0.29, 0.717) is 29.2 Å². The number of rotatable bonds is 8. The fraction of sp³-hybridized carbons (Fsp3) is 0.250. The molecular weight excluding hydrogens is 380 g/mol. The van der Waals surface area contributed by atoms with Gasteiger partial charge in [0.25, 0.3) is 0 Å². The molecule has 0 saturated carbocycles. The van der Waals surface area contributed by atoms with Crippen molar-refractivity contribution in [2.45, 2.75) is 20.0 Å². The molecule has 5 heteroatoms. The fourth-order valence-electron chi connectivity index (χ4n) is 2.21. The Bertz CT molecular complexity index is 721. The van der Waals surface area contributed by atoms with Gasteiger partial charge < -0.3 is 15.2 Å². The summed E-state index contributed by atoms with van der Waals surface area (Å²) in [6, 6.07) is 17.9. The van der Waals surface area contributed by atoms with Crippen LogP contribution < -0.4 is 10.5 Å². The van der Waals surface area contributed by atoms with Gasteiger partial charge in [-0.1, -0.05) is 42.5 Å². The second-order valence-electron chi connectivity index (χ2n) is 5.56. The Labute approximate surface area is 157 Å². The lowest BCUT2D eigenvalue weighted by atomic mass is 10.1. The Balaban J connectivity index is 1.93. The summed E-state index contributed by atoms with van der Waals surface area (Å²) in [5.41, 5.74) is 8.82. The summed E-state index contributed by atoms with van der Waals surface area (Å²) < 4.78 is 11.6. The smallest absolute Gasteiger partial charge is 0.170 e. The minimum Gasteiger partial charge on any atom is -0.497 e. The van der Waals surface area contributed by atoms with Crippen molar-refractivity contribution in [3.05, 3.63) is 77.2 Å². The van der Waals surface area contributed by atoms with E-state index in [1.807, 2.05) is 54.6 Å². The average Bonchev–Trinajstić information content (AvgIpc) is 2.63. The van der Waals surface area contributed by atoms with Crippen molar-refractivity contribution in [1.29, 1.82) is 0 Å². The standard InChI is InChI=1S/C20H23BrN2O2/c1-15(22)19(25-14-17-6-4-3-5-7-17)20(21)23-13-12-16-8-10-18(24-2)11-9-16/h3-11H,12-14,22H2,1-2H3. The molecule has 0 aliphatic heterocycles. The van der Waals surface area contributed by atoms with E-state index in [0.717, 1.165) is 17.7 Å². The number of hydrogen-bond acceptors (Lipinski definition) is 4. The van der Waals surface area contributed by atoms with Crippen molar-refractivity contribution >= 4 is 20.6 Å². The maximum atomic E-state index is 5.95. The molecule has 0 aliphatic rings. The molecule has 0 atom stereocenters. The summed E-state index contributed by atoms with van der Waals surface area (Å²) in [5.74, 6) is 1.44. The molecule has 25 heavy (non-hydrogen) atoms. The van der Waals surface area contributed by atoms with Gasteiger partial charge in [0, 0.05) is 6.54 Å². The van der Waals surface area contributed by atoms with Gasteiger partial charge in [-0.2, -0.15) is 0 Å². The van der Waals surface area contributed by atoms with Gasteiger partial charge in [-0.05, 0) is 52.5 Å². The van der Waals surface area contributed by atoms with Gasteiger partial charge in [-0.15, -0.1) is 0 Å². The average molecular weight is 403 g/mol. The molecule has 0 saturated heterocycles. The van der Waals surface area contributed by atoms with Crippen molar-refractivity contribution in [3.8, 4) is 5.75 Å². The lowest BCUT2D eigenvalue weighted by molar-refractivity contribution is 0.215. The number of allylic oxidation sites excluding steroid dienone is 2. The molecule has 0 aromatic heterocycles. The van der Waals surface area contributed by atoms with Crippen molar-refractivity contribution < 1.29 is 9.47 Å². The van der Waals surface area contributed by atoms with Crippen LogP contribution in [0.4, 0.5) is 0 Å². The number of halogens is 1. The molecule has 0 heterocycles. The summed E-state index contributed by atoms with van der Waals surface area (Å²) in [4.78, 5) is 4.54. The highest BCUT2D eigenvalue weighted by Crippen LogP contribution is 2.15. The molecule has 0 amide bonds. The number of hydrogen-bond donors (Lipinski definition) is 1. The lowest BCUT2D eigenvalue weighted by Crippen LogP contribution is -2.09. The predicted octanol–water partition coefficient (Wildman–Crippen LogP) is 4.44. The van der Waals surface area contributed by atoms with Crippen LogP contribution in [0.3, 0.4) is 0 Å². The molecular formula is C20H23BrN2O2. The summed E-state index contributed by atoms with van der Waals surface area (Å²) >= 11 is 3.48. The van der Waals surface area contributed by atoms with Crippen molar-refractivity contribution in [2.75, 3.05) is 13.7 Å². The highest BCUT2D eigenvalue weighted by Gasteiger charge is 2.09. The Hall–Kier alpha value is -2.27. The molecule has 0 spiro atoms. The SMILES string of the molecule is COc1ccc(CCN=C(Br)C(OCc2ccccc2)=C(C)N)cc1. The Morgan fingerprint density at radius 1 is 1.04 bits per heavy atom. The van der Waals surface area contributed by atoms with Crippen LogP contribution in [0.2, 0.25) is 0 Å². The summed E-state index contributed by atoms with van der Waals surface area (Å²) in [6.07, 6.45) is 0.828. The van der Waals surface area contributed by atoms with Gasteiger partial charge in [-0.25, -0.2) is 0 Å². The van der Waals surface area contributed by atoms with E-state index in [1.165, 1.54) is 5.56 Å². The van der Waals surface area contributed by atoms with Crippen LogP contribution in [0.25, 0.3) is 0 Å². The maximum Gasteiger partial charge on any atom is 0.170 e. The maximum absolute atomic E-state index is 5.95. The second kappa shape index (κ2) is 9.89. The third-order valence-electron chi connectivity index (χ3n) is 3.58. The molecule has 0 radical (unpaired) electrons. The van der Waals surface area contributed by atoms with Crippen molar-refractivity contribution in [2.24, 2.45) is 10.7 Å². The van der Waals surface area contributed by atoms with E-state index in [1.54, 1.807) is 14.0 Å². The van der Waals surface area contributed by atoms with Crippen LogP contribution in [0, 0.1) is 0 Å². The van der Waals surface area contributed by atoms with Crippen LogP contribution in [0.15, 0.2) is 71.0 Å². The Morgan fingerprint density at radius 2 is 1.72 bits per heavy atom. The second-order valence-corrected chi connectivity index (χ2v) is 6.31. The minimum absolute atomic E-state index is 0.452. The number of methoxy groups -OCH3 is 1. The Morgan fingerprint density at radius 3 is 2.32 bits per heavy atom. The van der Waals surface area contributed by atoms with Crippen LogP contribution in [0.1, 0.15) is 18.1 Å². The van der Waals surface area contributed by atoms with Gasteiger partial charge in [-0.3, -0.25) is 4.99 Å². The zero-order valence-corrected chi connectivity index (χ0v) is 16.1. The fourth-order valence-corrected chi connectivity index (χ4v) is 2.82. The molecule has 4 nitrogen and oxygen atoms in total. The van der Waals surface area contributed by atoms with Crippen molar-refractivity contribution in [1.82, 2.24) is 0 Å². The number of aliphatic imine (C=N–C) groups is 1. The van der Waals surface area contributed by atoms with Crippen LogP contribution in [-0.2, 0) is 17.8 Å². The van der Waals surface area contributed by atoms with Gasteiger partial charge in [0.15, 0.2) is 5.76 Å². The van der Waals surface area contributed by atoms with Gasteiger partial charge in [0.05, 0.1) is 12.8 Å². The quantitative estimate of drug-likeness (QED) is 0.524. The number of ether oxygens (including phenoxy) is 2. The first-order chi connectivity index (χ1) is 12.1. The molecule has 0 aliphatic carbocycles. The van der Waals surface area contributed by atoms with E-state index in [9.17, 15) is 0 Å². The summed E-state index contributed by atoms with van der Waals surface area (Å²) in [7, 11) is 1.66. The first-order valence-electron chi connectivity index (χ1n) is 8.06. The monoisotopic (exact) mass is 402 g/mol. The summed E-state index contributed by atoms with van der Waals surface area (Å²) in [5, 5.41) is 0. The highest BCUT2D eigenvalue weighted by atomic mass is 79.9. The van der Waals surface area contributed by atoms with E-state index in [2.05, 4.69) is 20.9 Å². The van der Waals surface area contributed by atoms with E-state index in [-0.39, 0.29) is 0 Å². The van der Waals surface area contributed by atoms with E-state index < -0.39 is 0 Å². The molecule has 2 aromatic rings. The lowest BCUT2D eigenvalue weighted by Gasteiger charge is -2.11. The summed E-state index contributed by atoms with van der Waals surface area (Å²) in [6.45, 7) is 2.90. The molecule has 2 aromatic carbocycles. The van der Waals surface area contributed by atoms with Crippen molar-refractivity contribution in [3.63, 3.8) is 0 Å². The number of benzene rings is 2. The number of nitrogens with two attached hydrogens (primary N) is 1. The van der Waals surface area contributed by atoms with Crippen LogP contribution in [0.5, 0.6) is 5.75 Å². The van der Waals surface area contributed by atoms with Gasteiger partial charge in [0.1, 0.15) is 17.0 Å². The first kappa shape index (κ1) is 19.1. The van der Waals surface area contributed by atoms with Crippen LogP contribution >= 0.6 is 15.9 Å². The zero-order valence-electron chi connectivity index (χ0n) is 14.5. The molecule has 132 valence electrons. The molecule has 0 fully saturated rings. The normalized spacial score (nSPS) is 12.5.